The van der Waals surface area contributed by atoms with Crippen molar-refractivity contribution in [2.45, 2.75) is 26.3 Å². The third-order valence-electron chi connectivity index (χ3n) is 5.90. The van der Waals surface area contributed by atoms with E-state index in [1.807, 2.05) is 19.9 Å². The first-order valence-corrected chi connectivity index (χ1v) is 10.4. The van der Waals surface area contributed by atoms with Crippen LogP contribution in [0.4, 0.5) is 15.0 Å². The molecule has 2 aliphatic heterocycles. The summed E-state index contributed by atoms with van der Waals surface area (Å²) in [6.07, 6.45) is 0. The van der Waals surface area contributed by atoms with Gasteiger partial charge in [0.25, 0.3) is 5.91 Å². The minimum atomic E-state index is -1.34. The highest BCUT2D eigenvalue weighted by Gasteiger charge is 2.49. The van der Waals surface area contributed by atoms with Crippen LogP contribution in [0.15, 0.2) is 30.3 Å². The van der Waals surface area contributed by atoms with E-state index in [0.29, 0.717) is 37.6 Å². The van der Waals surface area contributed by atoms with E-state index in [1.54, 1.807) is 11.8 Å². The maximum Gasteiger partial charge on any atom is 0.325 e. The molecule has 1 aromatic carbocycles. The van der Waals surface area contributed by atoms with E-state index >= 15 is 0 Å². The number of urea groups is 1. The topological polar surface area (TPSA) is 98.7 Å². The van der Waals surface area contributed by atoms with Gasteiger partial charge >= 0.3 is 6.03 Å². The summed E-state index contributed by atoms with van der Waals surface area (Å²) in [5.41, 5.74) is -0.00280. The van der Waals surface area contributed by atoms with Crippen molar-refractivity contribution in [3.8, 4) is 0 Å². The van der Waals surface area contributed by atoms with Gasteiger partial charge in [0, 0.05) is 37.9 Å². The fourth-order valence-electron chi connectivity index (χ4n) is 4.10. The standard InChI is InChI=1S/C22H25FN6O3/c1-14-12-18(25-15(2)24-14)27-8-10-28(11-9-27)19(30)13-29-20(31)22(3,26-21(29)32)16-4-6-17(23)7-5-16/h4-7,12H,8-11,13H2,1-3H3,(H,26,32). The molecule has 1 aromatic heterocycles. The van der Waals surface area contributed by atoms with E-state index in [9.17, 15) is 18.8 Å². The van der Waals surface area contributed by atoms with Crippen molar-refractivity contribution in [1.29, 1.82) is 0 Å². The molecule has 2 saturated heterocycles. The van der Waals surface area contributed by atoms with Gasteiger partial charge in [0.05, 0.1) is 0 Å². The number of nitrogens with one attached hydrogen (secondary N) is 1. The van der Waals surface area contributed by atoms with Crippen LogP contribution in [0.5, 0.6) is 0 Å². The average molecular weight is 440 g/mol. The lowest BCUT2D eigenvalue weighted by atomic mass is 9.92. The van der Waals surface area contributed by atoms with Crippen molar-refractivity contribution in [3.05, 3.63) is 53.2 Å². The first-order valence-electron chi connectivity index (χ1n) is 10.4. The van der Waals surface area contributed by atoms with Crippen molar-refractivity contribution >= 4 is 23.7 Å². The number of hydrogen-bond acceptors (Lipinski definition) is 6. The molecule has 2 fully saturated rings. The number of rotatable bonds is 4. The third kappa shape index (κ3) is 4.00. The van der Waals surface area contributed by atoms with Gasteiger partial charge in [0.2, 0.25) is 5.91 Å². The third-order valence-corrected chi connectivity index (χ3v) is 5.90. The number of nitrogens with zero attached hydrogens (tertiary/aromatic N) is 5. The predicted octanol–water partition coefficient (Wildman–Crippen LogP) is 1.35. The molecule has 9 nitrogen and oxygen atoms in total. The van der Waals surface area contributed by atoms with Gasteiger partial charge in [0.1, 0.15) is 29.5 Å². The molecule has 168 valence electrons. The lowest BCUT2D eigenvalue weighted by Gasteiger charge is -2.36. The Balaban J connectivity index is 1.39. The zero-order valence-corrected chi connectivity index (χ0v) is 18.3. The zero-order valence-electron chi connectivity index (χ0n) is 18.3. The van der Waals surface area contributed by atoms with Crippen molar-refractivity contribution < 1.29 is 18.8 Å². The number of anilines is 1. The van der Waals surface area contributed by atoms with Crippen LogP contribution in [0, 0.1) is 19.7 Å². The minimum Gasteiger partial charge on any atom is -0.353 e. The summed E-state index contributed by atoms with van der Waals surface area (Å²) in [7, 11) is 0. The van der Waals surface area contributed by atoms with Gasteiger partial charge in [-0.15, -0.1) is 0 Å². The minimum absolute atomic E-state index is 0.299. The second kappa shape index (κ2) is 8.18. The van der Waals surface area contributed by atoms with Gasteiger partial charge in [-0.25, -0.2) is 19.2 Å². The number of aromatic nitrogens is 2. The van der Waals surface area contributed by atoms with Gasteiger partial charge in [-0.1, -0.05) is 12.1 Å². The van der Waals surface area contributed by atoms with Crippen molar-refractivity contribution in [2.75, 3.05) is 37.6 Å². The quantitative estimate of drug-likeness (QED) is 0.721. The number of piperazine rings is 1. The molecule has 2 aliphatic rings. The smallest absolute Gasteiger partial charge is 0.325 e. The number of imide groups is 1. The van der Waals surface area contributed by atoms with Crippen LogP contribution in [0.1, 0.15) is 24.0 Å². The molecule has 1 N–H and O–H groups in total. The number of benzene rings is 1. The normalized spacial score (nSPS) is 21.2. The first kappa shape index (κ1) is 21.7. The van der Waals surface area contributed by atoms with Crippen molar-refractivity contribution in [2.24, 2.45) is 0 Å². The Labute approximate surface area is 185 Å². The largest absolute Gasteiger partial charge is 0.353 e. The highest BCUT2D eigenvalue weighted by Crippen LogP contribution is 2.29. The number of amides is 4. The summed E-state index contributed by atoms with van der Waals surface area (Å²) in [5.74, 6) is 0.250. The van der Waals surface area contributed by atoms with Crippen LogP contribution in [0.25, 0.3) is 0 Å². The Bertz CT molecular complexity index is 1050. The molecule has 1 atom stereocenters. The van der Waals surface area contributed by atoms with Crippen LogP contribution >= 0.6 is 0 Å². The number of halogens is 1. The maximum absolute atomic E-state index is 13.3. The van der Waals surface area contributed by atoms with Gasteiger partial charge in [-0.2, -0.15) is 0 Å². The molecule has 32 heavy (non-hydrogen) atoms. The molecule has 0 aliphatic carbocycles. The number of carbonyl (C=O) groups excluding carboxylic acids is 3. The summed E-state index contributed by atoms with van der Waals surface area (Å²) < 4.78 is 13.3. The molecule has 0 radical (unpaired) electrons. The first-order chi connectivity index (χ1) is 15.2. The molecule has 3 heterocycles. The van der Waals surface area contributed by atoms with Gasteiger partial charge in [0.15, 0.2) is 0 Å². The summed E-state index contributed by atoms with van der Waals surface area (Å²) in [6, 6.07) is 6.64. The molecule has 0 spiro atoms. The summed E-state index contributed by atoms with van der Waals surface area (Å²) >= 11 is 0. The molecule has 2 aromatic rings. The van der Waals surface area contributed by atoms with Gasteiger partial charge < -0.3 is 15.1 Å². The number of hydrogen-bond donors (Lipinski definition) is 1. The highest BCUT2D eigenvalue weighted by molar-refractivity contribution is 6.09. The number of aryl methyl sites for hydroxylation is 2. The molecule has 0 saturated carbocycles. The van der Waals surface area contributed by atoms with E-state index in [-0.39, 0.29) is 12.5 Å². The Hall–Kier alpha value is -3.56. The SMILES string of the molecule is Cc1cc(N2CCN(C(=O)CN3C(=O)NC(C)(c4ccc(F)cc4)C3=O)CC2)nc(C)n1. The zero-order chi connectivity index (χ0) is 23.0. The van der Waals surface area contributed by atoms with Crippen molar-refractivity contribution in [1.82, 2.24) is 25.1 Å². The van der Waals surface area contributed by atoms with Crippen LogP contribution in [-0.2, 0) is 15.1 Å². The maximum atomic E-state index is 13.3. The van der Waals surface area contributed by atoms with E-state index in [1.165, 1.54) is 24.3 Å². The fourth-order valence-corrected chi connectivity index (χ4v) is 4.10. The molecule has 4 rings (SSSR count). The second-order valence-corrected chi connectivity index (χ2v) is 8.24. The monoisotopic (exact) mass is 440 g/mol. The van der Waals surface area contributed by atoms with E-state index in [4.69, 9.17) is 0 Å². The number of carbonyl (C=O) groups is 3. The summed E-state index contributed by atoms with van der Waals surface area (Å²) in [4.78, 5) is 51.7. The van der Waals surface area contributed by atoms with Crippen LogP contribution in [-0.4, -0.2) is 70.3 Å². The van der Waals surface area contributed by atoms with E-state index in [0.717, 1.165) is 16.4 Å². The molecule has 4 amide bonds. The summed E-state index contributed by atoms with van der Waals surface area (Å²) in [5, 5.41) is 2.64. The van der Waals surface area contributed by atoms with Gasteiger partial charge in [-0.05, 0) is 38.5 Å². The molecule has 10 heteroatoms. The molecule has 1 unspecified atom stereocenters. The summed E-state index contributed by atoms with van der Waals surface area (Å²) in [6.45, 7) is 7.07. The molecular formula is C22H25FN6O3. The fraction of sp³-hybridized carbons (Fsp3) is 0.409. The lowest BCUT2D eigenvalue weighted by Crippen LogP contribution is -2.52. The van der Waals surface area contributed by atoms with Crippen LogP contribution in [0.3, 0.4) is 0 Å². The Morgan fingerprint density at radius 3 is 2.38 bits per heavy atom. The predicted molar refractivity (Wildman–Crippen MR) is 114 cm³/mol. The van der Waals surface area contributed by atoms with Crippen LogP contribution in [0.2, 0.25) is 0 Å². The average Bonchev–Trinajstić information content (AvgIpc) is 2.97. The van der Waals surface area contributed by atoms with Crippen molar-refractivity contribution in [3.63, 3.8) is 0 Å². The van der Waals surface area contributed by atoms with E-state index in [2.05, 4.69) is 20.2 Å². The Morgan fingerprint density at radius 2 is 1.75 bits per heavy atom. The second-order valence-electron chi connectivity index (χ2n) is 8.24. The highest BCUT2D eigenvalue weighted by atomic mass is 19.1. The van der Waals surface area contributed by atoms with Crippen LogP contribution < -0.4 is 10.2 Å². The van der Waals surface area contributed by atoms with E-state index < -0.39 is 23.3 Å². The van der Waals surface area contributed by atoms with Gasteiger partial charge in [-0.3, -0.25) is 14.5 Å². The molecular weight excluding hydrogens is 415 g/mol. The molecule has 0 bridgehead atoms. The Kier molecular flexibility index (Phi) is 5.53. The lowest BCUT2D eigenvalue weighted by molar-refractivity contribution is -0.139. The Morgan fingerprint density at radius 1 is 1.09 bits per heavy atom.